The zero-order valence-electron chi connectivity index (χ0n) is 10.7. The third-order valence-electron chi connectivity index (χ3n) is 4.15. The predicted molar refractivity (Wildman–Crippen MR) is 68.1 cm³/mol. The Morgan fingerprint density at radius 2 is 1.95 bits per heavy atom. The van der Waals surface area contributed by atoms with E-state index in [4.69, 9.17) is 0 Å². The van der Waals surface area contributed by atoms with E-state index in [1.807, 2.05) is 0 Å². The molecular weight excluding hydrogens is 268 g/mol. The summed E-state index contributed by atoms with van der Waals surface area (Å²) < 4.78 is 23.4. The fourth-order valence-corrected chi connectivity index (χ4v) is 4.67. The minimum Gasteiger partial charge on any atom is -0.304 e. The molecule has 2 saturated heterocycles. The van der Waals surface area contributed by atoms with Crippen LogP contribution in [0.3, 0.4) is 0 Å². The second kappa shape index (κ2) is 4.56. The fraction of sp³-hybridized carbons (Fsp3) is 0.833. The molecule has 0 bridgehead atoms. The molecule has 3 rings (SSSR count). The van der Waals surface area contributed by atoms with Crippen molar-refractivity contribution < 1.29 is 18.0 Å². The van der Waals surface area contributed by atoms with Crippen molar-refractivity contribution in [1.29, 1.82) is 0 Å². The summed E-state index contributed by atoms with van der Waals surface area (Å²) in [5.41, 5.74) is 0. The quantitative estimate of drug-likeness (QED) is 0.701. The molecule has 106 valence electrons. The molecule has 0 aromatic heterocycles. The average Bonchev–Trinajstić information content (AvgIpc) is 3.04. The molecule has 2 heterocycles. The highest BCUT2D eigenvalue weighted by molar-refractivity contribution is 7.92. The van der Waals surface area contributed by atoms with Gasteiger partial charge in [-0.15, -0.1) is 0 Å². The van der Waals surface area contributed by atoms with Gasteiger partial charge in [0.2, 0.25) is 11.8 Å². The van der Waals surface area contributed by atoms with Crippen LogP contribution in [-0.4, -0.2) is 54.8 Å². The molecule has 2 aliphatic heterocycles. The zero-order valence-corrected chi connectivity index (χ0v) is 11.5. The molecular formula is C12H18N2O4S. The molecule has 3 fully saturated rings. The van der Waals surface area contributed by atoms with Crippen molar-refractivity contribution in [1.82, 2.24) is 10.2 Å². The van der Waals surface area contributed by atoms with Gasteiger partial charge in [-0.3, -0.25) is 14.5 Å². The molecule has 3 aliphatic rings. The van der Waals surface area contributed by atoms with Crippen molar-refractivity contribution in [2.45, 2.75) is 49.4 Å². The number of sulfone groups is 1. The number of likely N-dealkylation sites (tertiary alicyclic amines) is 1. The largest absolute Gasteiger partial charge is 0.304 e. The minimum atomic E-state index is -3.00. The van der Waals surface area contributed by atoms with Crippen LogP contribution in [0.4, 0.5) is 0 Å². The summed E-state index contributed by atoms with van der Waals surface area (Å²) in [6, 6.07) is -0.425. The number of rotatable bonds is 4. The van der Waals surface area contributed by atoms with E-state index in [-0.39, 0.29) is 36.6 Å². The second-order valence-corrected chi connectivity index (χ2v) is 8.03. The number of amides is 2. The molecule has 0 aromatic carbocycles. The molecule has 1 aliphatic carbocycles. The summed E-state index contributed by atoms with van der Waals surface area (Å²) in [5, 5.41) is 2.58. The molecule has 2 amide bonds. The Labute approximate surface area is 112 Å². The van der Waals surface area contributed by atoms with Crippen molar-refractivity contribution in [3.05, 3.63) is 0 Å². The summed E-state index contributed by atoms with van der Waals surface area (Å²) in [5.74, 6) is -0.0624. The van der Waals surface area contributed by atoms with Gasteiger partial charge in [0.25, 0.3) is 0 Å². The van der Waals surface area contributed by atoms with Crippen molar-refractivity contribution in [2.75, 3.05) is 12.3 Å². The van der Waals surface area contributed by atoms with Crippen LogP contribution in [-0.2, 0) is 19.4 Å². The minimum absolute atomic E-state index is 0.0991. The number of nitrogens with zero attached hydrogens (tertiary/aromatic N) is 1. The van der Waals surface area contributed by atoms with Gasteiger partial charge in [-0.05, 0) is 25.7 Å². The van der Waals surface area contributed by atoms with Crippen molar-refractivity contribution >= 4 is 21.7 Å². The molecule has 0 aromatic rings. The molecule has 0 spiro atoms. The molecule has 0 radical (unpaired) electrons. The van der Waals surface area contributed by atoms with E-state index in [2.05, 4.69) is 5.32 Å². The van der Waals surface area contributed by atoms with E-state index in [0.717, 1.165) is 12.8 Å². The highest BCUT2D eigenvalue weighted by Gasteiger charge is 2.46. The Kier molecular flexibility index (Phi) is 3.13. The third kappa shape index (κ3) is 2.41. The van der Waals surface area contributed by atoms with Gasteiger partial charge in [-0.1, -0.05) is 0 Å². The number of nitrogens with one attached hydrogen (secondary N) is 1. The summed E-state index contributed by atoms with van der Waals surface area (Å²) in [7, 11) is -3.00. The van der Waals surface area contributed by atoms with E-state index in [9.17, 15) is 18.0 Å². The fourth-order valence-electron chi connectivity index (χ4n) is 2.89. The first-order valence-corrected chi connectivity index (χ1v) is 8.51. The van der Waals surface area contributed by atoms with Crippen molar-refractivity contribution in [2.24, 2.45) is 0 Å². The van der Waals surface area contributed by atoms with Crippen LogP contribution < -0.4 is 5.32 Å². The van der Waals surface area contributed by atoms with Crippen LogP contribution in [0.5, 0.6) is 0 Å². The van der Waals surface area contributed by atoms with Gasteiger partial charge >= 0.3 is 0 Å². The highest BCUT2D eigenvalue weighted by Crippen LogP contribution is 2.31. The van der Waals surface area contributed by atoms with E-state index >= 15 is 0 Å². The van der Waals surface area contributed by atoms with Gasteiger partial charge in [0.05, 0.1) is 23.5 Å². The van der Waals surface area contributed by atoms with Gasteiger partial charge in [-0.25, -0.2) is 8.42 Å². The van der Waals surface area contributed by atoms with Crippen LogP contribution in [0.25, 0.3) is 0 Å². The lowest BCUT2D eigenvalue weighted by molar-refractivity contribution is -0.139. The Morgan fingerprint density at radius 1 is 1.21 bits per heavy atom. The molecule has 19 heavy (non-hydrogen) atoms. The zero-order chi connectivity index (χ0) is 13.6. The van der Waals surface area contributed by atoms with E-state index in [1.54, 1.807) is 0 Å². The highest BCUT2D eigenvalue weighted by atomic mass is 32.2. The normalized spacial score (nSPS) is 34.2. The predicted octanol–water partition coefficient (Wildman–Crippen LogP) is -0.557. The Hall–Kier alpha value is -0.950. The van der Waals surface area contributed by atoms with Crippen LogP contribution in [0, 0.1) is 0 Å². The number of hydrogen-bond acceptors (Lipinski definition) is 5. The Balaban J connectivity index is 1.59. The monoisotopic (exact) mass is 286 g/mol. The lowest BCUT2D eigenvalue weighted by Gasteiger charge is -2.16. The van der Waals surface area contributed by atoms with E-state index in [0.29, 0.717) is 12.8 Å². The average molecular weight is 286 g/mol. The lowest BCUT2D eigenvalue weighted by atomic mass is 10.2. The van der Waals surface area contributed by atoms with Gasteiger partial charge in [0.15, 0.2) is 9.84 Å². The molecule has 1 N–H and O–H groups in total. The number of hydrogen-bond donors (Lipinski definition) is 1. The maximum atomic E-state index is 12.1. The first-order valence-electron chi connectivity index (χ1n) is 6.80. The van der Waals surface area contributed by atoms with Crippen molar-refractivity contribution in [3.63, 3.8) is 0 Å². The lowest BCUT2D eigenvalue weighted by Crippen LogP contribution is -2.43. The van der Waals surface area contributed by atoms with Gasteiger partial charge in [0, 0.05) is 12.6 Å². The molecule has 6 nitrogen and oxygen atoms in total. The van der Waals surface area contributed by atoms with Crippen LogP contribution in [0.15, 0.2) is 0 Å². The van der Waals surface area contributed by atoms with Crippen molar-refractivity contribution in [3.8, 4) is 0 Å². The molecule has 2 atom stereocenters. The number of carbonyl (C=O) groups is 2. The first kappa shape index (κ1) is 13.1. The van der Waals surface area contributed by atoms with Gasteiger partial charge in [0.1, 0.15) is 0 Å². The summed E-state index contributed by atoms with van der Waals surface area (Å²) in [6.45, 7) is 0.282. The number of imide groups is 1. The van der Waals surface area contributed by atoms with E-state index in [1.165, 1.54) is 4.90 Å². The maximum Gasteiger partial charge on any atom is 0.247 e. The van der Waals surface area contributed by atoms with E-state index < -0.39 is 21.1 Å². The Morgan fingerprint density at radius 3 is 2.53 bits per heavy atom. The summed E-state index contributed by atoms with van der Waals surface area (Å²) in [6.07, 6.45) is 3.32. The second-order valence-electron chi connectivity index (χ2n) is 5.63. The topological polar surface area (TPSA) is 83.5 Å². The molecule has 2 unspecified atom stereocenters. The van der Waals surface area contributed by atoms with Gasteiger partial charge < -0.3 is 5.32 Å². The number of carbonyl (C=O) groups excluding carboxylic acids is 2. The van der Waals surface area contributed by atoms with Crippen LogP contribution in [0.1, 0.15) is 32.1 Å². The first-order chi connectivity index (χ1) is 8.99. The van der Waals surface area contributed by atoms with Crippen LogP contribution in [0.2, 0.25) is 0 Å². The maximum absolute atomic E-state index is 12.1. The van der Waals surface area contributed by atoms with Gasteiger partial charge in [-0.2, -0.15) is 0 Å². The third-order valence-corrected chi connectivity index (χ3v) is 6.43. The molecule has 1 saturated carbocycles. The summed E-state index contributed by atoms with van der Waals surface area (Å²) in [4.78, 5) is 25.2. The smallest absolute Gasteiger partial charge is 0.247 e. The summed E-state index contributed by atoms with van der Waals surface area (Å²) >= 11 is 0. The Bertz CT molecular complexity index is 512. The van der Waals surface area contributed by atoms with Crippen LogP contribution >= 0.6 is 0 Å². The SMILES string of the molecule is O=C1CC(NCC2CCCS2(=O)=O)C(=O)N1C1CC1. The standard InChI is InChI=1S/C12H18N2O4S/c15-11-6-10(12(16)14(11)8-3-4-8)13-7-9-2-1-5-19(9,17)18/h8-10,13H,1-7H2. The molecule has 7 heteroatoms.